The van der Waals surface area contributed by atoms with Gasteiger partial charge in [-0.3, -0.25) is 14.8 Å². The normalized spacial score (nSPS) is 23.1. The van der Waals surface area contributed by atoms with E-state index in [9.17, 15) is 13.2 Å². The largest absolute Gasteiger partial charge is 0.381 e. The Labute approximate surface area is 231 Å². The van der Waals surface area contributed by atoms with Crippen LogP contribution >= 0.6 is 0 Å². The van der Waals surface area contributed by atoms with Gasteiger partial charge >= 0.3 is 0 Å². The number of pyridine rings is 3. The third kappa shape index (κ3) is 4.55. The third-order valence-corrected chi connectivity index (χ3v) is 10.00. The lowest BCUT2D eigenvalue weighted by Gasteiger charge is -2.22. The Balaban J connectivity index is 1.10. The number of ether oxygens (including phenoxy) is 2. The van der Waals surface area contributed by atoms with Gasteiger partial charge in [0.2, 0.25) is 0 Å². The van der Waals surface area contributed by atoms with Gasteiger partial charge < -0.3 is 14.8 Å². The van der Waals surface area contributed by atoms with E-state index in [4.69, 9.17) is 19.4 Å². The van der Waals surface area contributed by atoms with Crippen LogP contribution in [0.5, 0.6) is 0 Å². The Bertz CT molecular complexity index is 1760. The summed E-state index contributed by atoms with van der Waals surface area (Å²) in [4.78, 5) is 27.4. The van der Waals surface area contributed by atoms with Gasteiger partial charge in [-0.25, -0.2) is 13.4 Å². The van der Waals surface area contributed by atoms with E-state index in [1.807, 2.05) is 24.3 Å². The van der Waals surface area contributed by atoms with Crippen LogP contribution in [-0.4, -0.2) is 54.9 Å². The van der Waals surface area contributed by atoms with Crippen LogP contribution in [0.2, 0.25) is 0 Å². The van der Waals surface area contributed by atoms with E-state index in [1.165, 1.54) is 6.07 Å². The molecule has 5 heterocycles. The quantitative estimate of drug-likeness (QED) is 0.396. The van der Waals surface area contributed by atoms with Gasteiger partial charge in [0.1, 0.15) is 0 Å². The number of hydrogen-bond acceptors (Lipinski definition) is 8. The van der Waals surface area contributed by atoms with Crippen LogP contribution in [-0.2, 0) is 37.9 Å². The van der Waals surface area contributed by atoms with Crippen molar-refractivity contribution in [1.82, 2.24) is 20.3 Å². The topological polar surface area (TPSA) is 120 Å². The number of carbonyl (C=O) groups excluding carboxylic acids is 1. The molecule has 7 rings (SSSR count). The first kappa shape index (κ1) is 25.3. The van der Waals surface area contributed by atoms with E-state index in [0.29, 0.717) is 17.2 Å². The van der Waals surface area contributed by atoms with Gasteiger partial charge in [0.15, 0.2) is 9.84 Å². The number of carbonyl (C=O) groups is 1. The van der Waals surface area contributed by atoms with Crippen molar-refractivity contribution in [2.75, 3.05) is 25.6 Å². The lowest BCUT2D eigenvalue weighted by atomic mass is 9.93. The number of amides is 1. The zero-order chi connectivity index (χ0) is 27.3. The fraction of sp³-hybridized carbons (Fsp3) is 0.333. The molecular formula is C30H28N4O5S. The molecule has 40 heavy (non-hydrogen) atoms. The van der Waals surface area contributed by atoms with Gasteiger partial charge in [-0.1, -0.05) is 12.1 Å². The van der Waals surface area contributed by atoms with Crippen LogP contribution < -0.4 is 5.32 Å². The van der Waals surface area contributed by atoms with Crippen molar-refractivity contribution in [3.05, 3.63) is 83.3 Å². The summed E-state index contributed by atoms with van der Waals surface area (Å²) in [5, 5.41) is 3.74. The summed E-state index contributed by atoms with van der Waals surface area (Å²) < 4.78 is 36.2. The van der Waals surface area contributed by atoms with E-state index in [0.717, 1.165) is 54.0 Å². The molecule has 2 atom stereocenters. The van der Waals surface area contributed by atoms with Gasteiger partial charge in [-0.2, -0.15) is 0 Å². The molecule has 2 unspecified atom stereocenters. The number of hydrogen-bond donors (Lipinski definition) is 1. The number of benzene rings is 1. The molecule has 2 fully saturated rings. The van der Waals surface area contributed by atoms with Crippen molar-refractivity contribution in [2.45, 2.75) is 36.3 Å². The number of rotatable bonds is 5. The molecule has 204 valence electrons. The smallest absolute Gasteiger partial charge is 0.251 e. The van der Waals surface area contributed by atoms with Crippen molar-refractivity contribution < 1.29 is 22.7 Å². The molecule has 9 nitrogen and oxygen atoms in total. The number of sulfone groups is 1. The van der Waals surface area contributed by atoms with Crippen LogP contribution in [0.25, 0.3) is 22.3 Å². The number of nitrogens with one attached hydrogen (secondary N) is 1. The van der Waals surface area contributed by atoms with E-state index >= 15 is 0 Å². The van der Waals surface area contributed by atoms with E-state index in [2.05, 4.69) is 22.4 Å². The highest BCUT2D eigenvalue weighted by atomic mass is 32.2. The molecule has 0 bridgehead atoms. The molecule has 2 aliphatic heterocycles. The van der Waals surface area contributed by atoms with Crippen molar-refractivity contribution in [1.29, 1.82) is 0 Å². The first-order valence-corrected chi connectivity index (χ1v) is 15.1. The average molecular weight is 557 g/mol. The molecule has 1 saturated carbocycles. The minimum atomic E-state index is -3.50. The Kier molecular flexibility index (Phi) is 6.14. The predicted octanol–water partition coefficient (Wildman–Crippen LogP) is 3.60. The Hall–Kier alpha value is -3.73. The van der Waals surface area contributed by atoms with Crippen LogP contribution in [0.15, 0.2) is 65.7 Å². The zero-order valence-corrected chi connectivity index (χ0v) is 22.6. The fourth-order valence-corrected chi connectivity index (χ4v) is 7.21. The summed E-state index contributed by atoms with van der Waals surface area (Å²) in [7, 11) is -3.50. The summed E-state index contributed by atoms with van der Waals surface area (Å²) in [6.07, 6.45) is 3.88. The Morgan fingerprint density at radius 2 is 1.93 bits per heavy atom. The molecular weight excluding hydrogens is 528 g/mol. The Morgan fingerprint density at radius 1 is 1.02 bits per heavy atom. The van der Waals surface area contributed by atoms with Crippen molar-refractivity contribution in [2.24, 2.45) is 5.92 Å². The summed E-state index contributed by atoms with van der Waals surface area (Å²) in [6, 6.07) is 16.6. The maximum absolute atomic E-state index is 12.9. The molecule has 0 radical (unpaired) electrons. The van der Waals surface area contributed by atoms with Gasteiger partial charge in [0, 0.05) is 34.9 Å². The molecule has 1 saturated heterocycles. The average Bonchev–Trinajstić information content (AvgIpc) is 3.76. The van der Waals surface area contributed by atoms with E-state index in [-0.39, 0.29) is 47.3 Å². The Morgan fingerprint density at radius 3 is 2.83 bits per heavy atom. The van der Waals surface area contributed by atoms with Gasteiger partial charge in [-0.15, -0.1) is 0 Å². The molecule has 1 N–H and O–H groups in total. The molecule has 1 aliphatic carbocycles. The first-order chi connectivity index (χ1) is 19.4. The summed E-state index contributed by atoms with van der Waals surface area (Å²) in [5.41, 5.74) is 5.13. The van der Waals surface area contributed by atoms with Crippen molar-refractivity contribution in [3.63, 3.8) is 0 Å². The highest BCUT2D eigenvalue weighted by molar-refractivity contribution is 7.91. The molecule has 4 aromatic rings. The SMILES string of the molecule is O=C(NCc1cc2nc(-c3cccc(C45CCOCC4C5)n3)ccc2cn1)c1ccc2c(c1)S(=O)(=O)CCOC2. The molecule has 1 amide bonds. The summed E-state index contributed by atoms with van der Waals surface area (Å²) in [5.74, 6) is 0.0809. The molecule has 0 spiro atoms. The minimum absolute atomic E-state index is 0.1000. The highest BCUT2D eigenvalue weighted by Gasteiger charge is 2.57. The summed E-state index contributed by atoms with van der Waals surface area (Å²) in [6.45, 7) is 2.12. The molecule has 1 aromatic carbocycles. The third-order valence-electron chi connectivity index (χ3n) is 8.24. The predicted molar refractivity (Wildman–Crippen MR) is 147 cm³/mol. The van der Waals surface area contributed by atoms with Crippen LogP contribution in [0.1, 0.15) is 40.2 Å². The van der Waals surface area contributed by atoms with E-state index < -0.39 is 9.84 Å². The monoisotopic (exact) mass is 556 g/mol. The van der Waals surface area contributed by atoms with Gasteiger partial charge in [-0.05, 0) is 66.8 Å². The minimum Gasteiger partial charge on any atom is -0.381 e. The molecule has 3 aromatic heterocycles. The highest BCUT2D eigenvalue weighted by Crippen LogP contribution is 2.58. The number of nitrogens with zero attached hydrogens (tertiary/aromatic N) is 3. The molecule has 3 aliphatic rings. The fourth-order valence-electron chi connectivity index (χ4n) is 5.82. The van der Waals surface area contributed by atoms with Crippen LogP contribution in [0.4, 0.5) is 0 Å². The number of aromatic nitrogens is 3. The van der Waals surface area contributed by atoms with Crippen molar-refractivity contribution in [3.8, 4) is 11.4 Å². The standard InChI is InChI=1S/C30H28N4O5S/c35-29(19-4-5-21-17-39-10-11-40(36,37)27(21)12-19)32-16-23-13-26-20(15-31-23)6-7-25(33-26)24-2-1-3-28(34-24)30-8-9-38-18-22(30)14-30/h1-7,12-13,15,22H,8-11,14,16-18H2,(H,32,35). The first-order valence-electron chi connectivity index (χ1n) is 13.4. The van der Waals surface area contributed by atoms with Crippen LogP contribution in [0.3, 0.4) is 0 Å². The van der Waals surface area contributed by atoms with Crippen LogP contribution in [0, 0.1) is 5.92 Å². The molecule has 10 heteroatoms. The maximum atomic E-state index is 12.9. The number of fused-ring (bicyclic) bond motifs is 3. The maximum Gasteiger partial charge on any atom is 0.251 e. The second-order valence-electron chi connectivity index (χ2n) is 10.7. The lowest BCUT2D eigenvalue weighted by molar-refractivity contribution is 0.0794. The van der Waals surface area contributed by atoms with Crippen molar-refractivity contribution >= 4 is 26.6 Å². The van der Waals surface area contributed by atoms with Gasteiger partial charge in [0.25, 0.3) is 5.91 Å². The zero-order valence-electron chi connectivity index (χ0n) is 21.8. The second kappa shape index (κ2) is 9.72. The van der Waals surface area contributed by atoms with Gasteiger partial charge in [0.05, 0.1) is 59.6 Å². The van der Waals surface area contributed by atoms with E-state index in [1.54, 1.807) is 18.3 Å². The summed E-state index contributed by atoms with van der Waals surface area (Å²) >= 11 is 0. The second-order valence-corrected chi connectivity index (χ2v) is 12.8. The lowest BCUT2D eigenvalue weighted by Crippen LogP contribution is -2.23.